The molecule has 0 saturated carbocycles. The van der Waals surface area contributed by atoms with Crippen molar-refractivity contribution in [2.75, 3.05) is 33.0 Å². The Balaban J connectivity index is 1.41. The summed E-state index contributed by atoms with van der Waals surface area (Å²) in [5.41, 5.74) is 9.61. The highest BCUT2D eigenvalue weighted by molar-refractivity contribution is 6.68. The zero-order valence-corrected chi connectivity index (χ0v) is 40.9. The van der Waals surface area contributed by atoms with Crippen LogP contribution in [-0.2, 0) is 56.9 Å². The van der Waals surface area contributed by atoms with Crippen LogP contribution in [-0.4, -0.2) is 132 Å². The van der Waals surface area contributed by atoms with E-state index in [9.17, 15) is 14.4 Å². The largest absolute Gasteiger partial charge is 0.457 e. The first-order chi connectivity index (χ1) is 30.7. The molecule has 4 heterocycles. The molecule has 1 aromatic rings. The number of benzene rings is 1. The van der Waals surface area contributed by atoms with E-state index in [1.54, 1.807) is 6.92 Å². The number of alkyl halides is 6. The Morgan fingerprint density at radius 2 is 1.31 bits per heavy atom. The van der Waals surface area contributed by atoms with Crippen molar-refractivity contribution < 1.29 is 66.5 Å². The van der Waals surface area contributed by atoms with Crippen LogP contribution in [0.3, 0.4) is 0 Å². The number of hydrogen-bond acceptors (Lipinski definition) is 15. The third kappa shape index (κ3) is 15.2. The third-order valence-electron chi connectivity index (χ3n) is 11.4. The maximum Gasteiger partial charge on any atom is 0.407 e. The van der Waals surface area contributed by atoms with Gasteiger partial charge >= 0.3 is 18.2 Å². The van der Waals surface area contributed by atoms with Crippen molar-refractivity contribution in [3.05, 3.63) is 46.3 Å². The maximum atomic E-state index is 13.4. The van der Waals surface area contributed by atoms with E-state index in [-0.39, 0.29) is 19.8 Å². The Labute approximate surface area is 407 Å². The van der Waals surface area contributed by atoms with Gasteiger partial charge in [-0.1, -0.05) is 140 Å². The lowest BCUT2D eigenvalue weighted by Gasteiger charge is -2.52. The van der Waals surface area contributed by atoms with Crippen molar-refractivity contribution in [3.8, 4) is 0 Å². The summed E-state index contributed by atoms with van der Waals surface area (Å²) >= 11 is 35.2. The number of amides is 2. The van der Waals surface area contributed by atoms with Crippen molar-refractivity contribution in [1.29, 1.82) is 0 Å². The predicted octanol–water partition coefficient (Wildman–Crippen LogP) is 7.96. The summed E-state index contributed by atoms with van der Waals surface area (Å²) < 4.78 is 64.1. The Morgan fingerprint density at radius 3 is 1.83 bits per heavy atom. The van der Waals surface area contributed by atoms with Crippen molar-refractivity contribution in [2.24, 2.45) is 22.9 Å². The van der Waals surface area contributed by atoms with Crippen LogP contribution in [0.4, 0.5) is 9.59 Å². The average molecular weight is 1040 g/mol. The topological polar surface area (TPSA) is 226 Å². The zero-order chi connectivity index (χ0) is 47.6. The highest BCUT2D eigenvalue weighted by Gasteiger charge is 2.55. The van der Waals surface area contributed by atoms with Crippen LogP contribution in [0.5, 0.6) is 0 Å². The second kappa shape index (κ2) is 24.5. The molecular weight excluding hydrogens is 987 g/mol. The third-order valence-corrected chi connectivity index (χ3v) is 12.0. The number of carbonyl (C=O) groups is 3. The van der Waals surface area contributed by atoms with Crippen LogP contribution in [0.25, 0.3) is 10.4 Å². The molecule has 25 heteroatoms. The van der Waals surface area contributed by atoms with Gasteiger partial charge in [-0.05, 0) is 18.4 Å². The summed E-state index contributed by atoms with van der Waals surface area (Å²) in [6.07, 6.45) is -10.3. The molecule has 4 fully saturated rings. The Bertz CT molecular complexity index is 1770. The molecule has 7 unspecified atom stereocenters. The van der Waals surface area contributed by atoms with E-state index in [1.165, 1.54) is 6.92 Å². The van der Waals surface area contributed by atoms with Crippen LogP contribution < -0.4 is 10.6 Å². The summed E-state index contributed by atoms with van der Waals surface area (Å²) in [5.74, 6) is -2.24. The van der Waals surface area contributed by atoms with Gasteiger partial charge < -0.3 is 62.7 Å². The van der Waals surface area contributed by atoms with Gasteiger partial charge in [-0.15, -0.1) is 0 Å². The molecule has 0 spiro atoms. The first-order valence-electron chi connectivity index (χ1n) is 21.1. The number of rotatable bonds is 16. The first-order valence-corrected chi connectivity index (χ1v) is 23.4. The molecule has 1 aromatic carbocycles. The van der Waals surface area contributed by atoms with Crippen molar-refractivity contribution in [2.45, 2.75) is 142 Å². The van der Waals surface area contributed by atoms with E-state index in [0.29, 0.717) is 12.8 Å². The molecule has 65 heavy (non-hydrogen) atoms. The molecule has 4 aliphatic rings. The lowest BCUT2D eigenvalue weighted by Crippen LogP contribution is -2.66. The molecule has 0 bridgehead atoms. The van der Waals surface area contributed by atoms with Crippen LogP contribution in [0, 0.1) is 17.8 Å². The molecule has 16 atom stereocenters. The number of carbonyl (C=O) groups excluding carboxylic acids is 3. The standard InChI is InChI=1S/C40H55Cl6N5O14/c1-7-24-29(19(3)27(34(60-24)55-15-14-48-51-47)49-37(53)57-17-39(41,42)43)64-35-28(50-38(54)58-18-40(44,45)46)20(4)30(25(8-2)61-35)65-36-32(59-22(6)52)21(5)31-26(62-36)16-56-33(63-31)23-12-10-9-11-13-23/h9-13,19-21,24-36H,7-8,14-18H2,1-6H3,(H,49,53)(H,50,54)/t19-,20+,21+,24?,25?,26?,27?,28?,29+,30+,31+,32?,33?,34-,35+,36+/m1/s1. The Hall–Kier alpha value is -2.04. The number of alkyl carbamates (subject to hydrolysis) is 2. The SMILES string of the molecule is CCC1O[C@@H](OCCN=[N+]=[N-])C(NC(=O)OCC(Cl)(Cl)Cl)[C@@H](C)[C@@H]1O[C@@H]1OC(CC)[C@@H](O[C@@H]2OC3COC(c4ccccc4)O[C@H]3[C@H](C)C2OC(C)=O)[C@@H](C)C1NC(=O)OCC(Cl)(Cl)Cl. The Morgan fingerprint density at radius 1 is 0.769 bits per heavy atom. The Kier molecular flexibility index (Phi) is 20.3. The molecule has 0 aromatic heterocycles. The van der Waals surface area contributed by atoms with Gasteiger partial charge in [0, 0.05) is 41.7 Å². The molecular formula is C40H55Cl6N5O14. The van der Waals surface area contributed by atoms with E-state index in [4.69, 9.17) is 127 Å². The van der Waals surface area contributed by atoms with Crippen LogP contribution in [0.1, 0.15) is 66.2 Å². The van der Waals surface area contributed by atoms with Gasteiger partial charge in [0.15, 0.2) is 31.3 Å². The second-order valence-electron chi connectivity index (χ2n) is 16.0. The van der Waals surface area contributed by atoms with Gasteiger partial charge in [0.05, 0.1) is 55.8 Å². The lowest BCUT2D eigenvalue weighted by molar-refractivity contribution is -0.374. The van der Waals surface area contributed by atoms with Gasteiger partial charge in [-0.25, -0.2) is 9.59 Å². The molecule has 366 valence electrons. The minimum atomic E-state index is -1.92. The summed E-state index contributed by atoms with van der Waals surface area (Å²) in [7, 11) is 0. The monoisotopic (exact) mass is 1040 g/mol. The zero-order valence-electron chi connectivity index (χ0n) is 36.4. The summed E-state index contributed by atoms with van der Waals surface area (Å²) in [4.78, 5) is 41.8. The predicted molar refractivity (Wildman–Crippen MR) is 236 cm³/mol. The fraction of sp³-hybridized carbons (Fsp3) is 0.775. The van der Waals surface area contributed by atoms with Gasteiger partial charge in [0.1, 0.15) is 19.3 Å². The number of halogens is 6. The summed E-state index contributed by atoms with van der Waals surface area (Å²) in [6, 6.07) is 7.48. The molecule has 4 saturated heterocycles. The smallest absolute Gasteiger partial charge is 0.407 e. The van der Waals surface area contributed by atoms with Gasteiger partial charge in [-0.2, -0.15) is 0 Å². The van der Waals surface area contributed by atoms with E-state index >= 15 is 0 Å². The maximum absolute atomic E-state index is 13.4. The molecule has 4 aliphatic heterocycles. The number of azide groups is 1. The summed E-state index contributed by atoms with van der Waals surface area (Å²) in [5, 5.41) is 9.05. The normalized spacial score (nSPS) is 35.1. The number of nitrogens with one attached hydrogen (secondary N) is 2. The number of ether oxygens (including phenoxy) is 11. The average Bonchev–Trinajstić information content (AvgIpc) is 3.25. The highest BCUT2D eigenvalue weighted by atomic mass is 35.6. The lowest BCUT2D eigenvalue weighted by atomic mass is 9.85. The fourth-order valence-electron chi connectivity index (χ4n) is 8.26. The highest BCUT2D eigenvalue weighted by Crippen LogP contribution is 2.42. The molecule has 19 nitrogen and oxygen atoms in total. The molecule has 0 aliphatic carbocycles. The minimum absolute atomic E-state index is 0.0208. The van der Waals surface area contributed by atoms with Gasteiger partial charge in [-0.3, -0.25) is 4.79 Å². The fourth-order valence-corrected chi connectivity index (χ4v) is 8.59. The van der Waals surface area contributed by atoms with Crippen LogP contribution in [0.15, 0.2) is 35.4 Å². The van der Waals surface area contributed by atoms with Gasteiger partial charge in [0.25, 0.3) is 0 Å². The summed E-state index contributed by atoms with van der Waals surface area (Å²) in [6.45, 7) is 9.47. The van der Waals surface area contributed by atoms with E-state index < -0.39 is 137 Å². The number of fused-ring (bicyclic) bond motifs is 1. The van der Waals surface area contributed by atoms with Crippen LogP contribution in [0.2, 0.25) is 0 Å². The van der Waals surface area contributed by atoms with Gasteiger partial charge in [0.2, 0.25) is 7.59 Å². The minimum Gasteiger partial charge on any atom is -0.457 e. The molecule has 0 radical (unpaired) electrons. The number of hydrogen-bond donors (Lipinski definition) is 2. The molecule has 2 N–H and O–H groups in total. The number of esters is 1. The quantitative estimate of drug-likeness (QED) is 0.0305. The van der Waals surface area contributed by atoms with E-state index in [1.807, 2.05) is 58.0 Å². The van der Waals surface area contributed by atoms with Crippen molar-refractivity contribution in [1.82, 2.24) is 10.6 Å². The number of nitrogens with zero attached hydrogens (tertiary/aromatic N) is 3. The van der Waals surface area contributed by atoms with E-state index in [2.05, 4.69) is 20.7 Å². The second-order valence-corrected chi connectivity index (χ2v) is 21.1. The molecule has 5 rings (SSSR count). The van der Waals surface area contributed by atoms with E-state index in [0.717, 1.165) is 5.56 Å². The van der Waals surface area contributed by atoms with Crippen molar-refractivity contribution in [3.63, 3.8) is 0 Å². The van der Waals surface area contributed by atoms with Crippen molar-refractivity contribution >= 4 is 87.8 Å². The molecule has 2 amide bonds. The van der Waals surface area contributed by atoms with Crippen LogP contribution >= 0.6 is 69.6 Å². The first kappa shape index (κ1) is 53.9.